The van der Waals surface area contributed by atoms with Crippen molar-refractivity contribution in [3.63, 3.8) is 0 Å². The summed E-state index contributed by atoms with van der Waals surface area (Å²) in [5, 5.41) is 13.9. The number of rotatable bonds is 5. The Kier molecular flexibility index (Phi) is 4.66. The van der Waals surface area contributed by atoms with E-state index >= 15 is 0 Å². The molecule has 1 unspecified atom stereocenters. The van der Waals surface area contributed by atoms with Crippen LogP contribution < -0.4 is 5.32 Å². The van der Waals surface area contributed by atoms with E-state index in [1.165, 1.54) is 0 Å². The van der Waals surface area contributed by atoms with Gasteiger partial charge in [-0.25, -0.2) is 4.98 Å². The molecule has 2 heterocycles. The van der Waals surface area contributed by atoms with Crippen molar-refractivity contribution < 1.29 is 14.3 Å². The Bertz CT molecular complexity index is 976. The molecule has 3 aromatic rings. The van der Waals surface area contributed by atoms with E-state index in [2.05, 4.69) is 21.4 Å². The number of oxazole rings is 1. The second kappa shape index (κ2) is 7.12. The summed E-state index contributed by atoms with van der Waals surface area (Å²) in [5.74, 6) is 0.700. The molecular weight excluding hydrogens is 342 g/mol. The van der Waals surface area contributed by atoms with Gasteiger partial charge in [0.2, 0.25) is 5.76 Å². The third kappa shape index (κ3) is 3.45. The van der Waals surface area contributed by atoms with E-state index < -0.39 is 0 Å². The molecule has 27 heavy (non-hydrogen) atoms. The van der Waals surface area contributed by atoms with Crippen LogP contribution in [0.15, 0.2) is 40.9 Å². The molecule has 0 bridgehead atoms. The van der Waals surface area contributed by atoms with Gasteiger partial charge < -0.3 is 14.8 Å². The van der Waals surface area contributed by atoms with Crippen LogP contribution >= 0.6 is 0 Å². The van der Waals surface area contributed by atoms with Crippen LogP contribution in [-0.2, 0) is 6.42 Å². The number of aliphatic hydroxyl groups is 1. The van der Waals surface area contributed by atoms with Crippen LogP contribution in [0.4, 0.5) is 0 Å². The van der Waals surface area contributed by atoms with Crippen molar-refractivity contribution in [2.45, 2.75) is 45.3 Å². The molecule has 2 aromatic heterocycles. The third-order valence-electron chi connectivity index (χ3n) is 5.23. The first-order chi connectivity index (χ1) is 13.0. The Hall–Kier alpha value is -2.73. The SMILES string of the molecule is CCc1nc(C)c(C(=O)NC(c2cnc3ccccc3c2)C2CC(O)C2)o1. The number of nitrogens with zero attached hydrogens (tertiary/aromatic N) is 2. The van der Waals surface area contributed by atoms with E-state index in [-0.39, 0.29) is 29.7 Å². The average Bonchev–Trinajstić information content (AvgIpc) is 3.04. The highest BCUT2D eigenvalue weighted by molar-refractivity contribution is 5.92. The highest BCUT2D eigenvalue weighted by Crippen LogP contribution is 2.38. The molecule has 1 atom stereocenters. The number of pyridine rings is 1. The molecule has 6 nitrogen and oxygen atoms in total. The van der Waals surface area contributed by atoms with Crippen molar-refractivity contribution in [3.05, 3.63) is 59.4 Å². The molecule has 140 valence electrons. The van der Waals surface area contributed by atoms with Gasteiger partial charge in [0, 0.05) is 18.0 Å². The summed E-state index contributed by atoms with van der Waals surface area (Å²) in [5.41, 5.74) is 2.44. The van der Waals surface area contributed by atoms with Gasteiger partial charge in [-0.05, 0) is 43.4 Å². The zero-order chi connectivity index (χ0) is 19.0. The van der Waals surface area contributed by atoms with Gasteiger partial charge in [0.05, 0.1) is 23.4 Å². The van der Waals surface area contributed by atoms with Crippen LogP contribution in [-0.4, -0.2) is 27.1 Å². The smallest absolute Gasteiger partial charge is 0.289 e. The van der Waals surface area contributed by atoms with Crippen molar-refractivity contribution in [2.75, 3.05) is 0 Å². The summed E-state index contributed by atoms with van der Waals surface area (Å²) < 4.78 is 5.60. The quantitative estimate of drug-likeness (QED) is 0.724. The number of aromatic nitrogens is 2. The predicted octanol–water partition coefficient (Wildman–Crippen LogP) is 3.34. The lowest BCUT2D eigenvalue weighted by atomic mass is 9.75. The summed E-state index contributed by atoms with van der Waals surface area (Å²) in [4.78, 5) is 21.6. The van der Waals surface area contributed by atoms with Crippen LogP contribution in [0.3, 0.4) is 0 Å². The fraction of sp³-hybridized carbons (Fsp3) is 0.381. The Morgan fingerprint density at radius 3 is 2.85 bits per heavy atom. The van der Waals surface area contributed by atoms with E-state index in [0.717, 1.165) is 16.5 Å². The molecule has 1 aliphatic carbocycles. The lowest BCUT2D eigenvalue weighted by Crippen LogP contribution is -2.41. The highest BCUT2D eigenvalue weighted by Gasteiger charge is 2.36. The Morgan fingerprint density at radius 2 is 2.15 bits per heavy atom. The molecule has 1 aromatic carbocycles. The number of nitrogens with one attached hydrogen (secondary N) is 1. The summed E-state index contributed by atoms with van der Waals surface area (Å²) in [6.45, 7) is 3.71. The Morgan fingerprint density at radius 1 is 1.37 bits per heavy atom. The fourth-order valence-corrected chi connectivity index (χ4v) is 3.65. The van der Waals surface area contributed by atoms with Crippen LogP contribution in [0.5, 0.6) is 0 Å². The maximum Gasteiger partial charge on any atom is 0.289 e. The van der Waals surface area contributed by atoms with E-state index in [4.69, 9.17) is 4.42 Å². The van der Waals surface area contributed by atoms with Crippen LogP contribution in [0.1, 0.15) is 53.5 Å². The van der Waals surface area contributed by atoms with Gasteiger partial charge in [-0.1, -0.05) is 25.1 Å². The lowest BCUT2D eigenvalue weighted by molar-refractivity contribution is 0.0232. The number of benzene rings is 1. The maximum absolute atomic E-state index is 12.8. The second-order valence-corrected chi connectivity index (χ2v) is 7.17. The zero-order valence-electron chi connectivity index (χ0n) is 15.5. The number of carbonyl (C=O) groups is 1. The van der Waals surface area contributed by atoms with E-state index in [0.29, 0.717) is 30.8 Å². The number of aryl methyl sites for hydroxylation is 2. The van der Waals surface area contributed by atoms with E-state index in [1.807, 2.05) is 37.4 Å². The first-order valence-corrected chi connectivity index (χ1v) is 9.35. The summed E-state index contributed by atoms with van der Waals surface area (Å²) >= 11 is 0. The van der Waals surface area contributed by atoms with Gasteiger partial charge in [-0.3, -0.25) is 9.78 Å². The van der Waals surface area contributed by atoms with Crippen molar-refractivity contribution in [2.24, 2.45) is 5.92 Å². The monoisotopic (exact) mass is 365 g/mol. The molecule has 1 saturated carbocycles. The van der Waals surface area contributed by atoms with Crippen LogP contribution in [0, 0.1) is 12.8 Å². The number of para-hydroxylation sites is 1. The van der Waals surface area contributed by atoms with Gasteiger partial charge in [0.15, 0.2) is 5.89 Å². The minimum atomic E-state index is -0.304. The van der Waals surface area contributed by atoms with Crippen molar-refractivity contribution in [3.8, 4) is 0 Å². The lowest BCUT2D eigenvalue weighted by Gasteiger charge is -2.38. The highest BCUT2D eigenvalue weighted by atomic mass is 16.4. The summed E-state index contributed by atoms with van der Waals surface area (Å²) in [7, 11) is 0. The number of hydrogen-bond acceptors (Lipinski definition) is 5. The van der Waals surface area contributed by atoms with Gasteiger partial charge in [-0.15, -0.1) is 0 Å². The number of hydrogen-bond donors (Lipinski definition) is 2. The fourth-order valence-electron chi connectivity index (χ4n) is 3.65. The molecule has 0 aliphatic heterocycles. The van der Waals surface area contributed by atoms with Crippen molar-refractivity contribution >= 4 is 16.8 Å². The van der Waals surface area contributed by atoms with E-state index in [1.54, 1.807) is 6.92 Å². The van der Waals surface area contributed by atoms with Gasteiger partial charge >= 0.3 is 0 Å². The molecule has 2 N–H and O–H groups in total. The molecule has 1 fully saturated rings. The number of carbonyl (C=O) groups excluding carboxylic acids is 1. The third-order valence-corrected chi connectivity index (χ3v) is 5.23. The number of amides is 1. The van der Waals surface area contributed by atoms with Crippen LogP contribution in [0.25, 0.3) is 10.9 Å². The summed E-state index contributed by atoms with van der Waals surface area (Å²) in [6, 6.07) is 9.72. The van der Waals surface area contributed by atoms with Gasteiger partial charge in [0.1, 0.15) is 0 Å². The number of aliphatic hydroxyl groups excluding tert-OH is 1. The zero-order valence-corrected chi connectivity index (χ0v) is 15.5. The second-order valence-electron chi connectivity index (χ2n) is 7.17. The Labute approximate surface area is 157 Å². The van der Waals surface area contributed by atoms with Gasteiger partial charge in [0.25, 0.3) is 5.91 Å². The molecule has 0 radical (unpaired) electrons. The van der Waals surface area contributed by atoms with Crippen molar-refractivity contribution in [1.82, 2.24) is 15.3 Å². The topological polar surface area (TPSA) is 88.2 Å². The van der Waals surface area contributed by atoms with Crippen LogP contribution in [0.2, 0.25) is 0 Å². The van der Waals surface area contributed by atoms with Gasteiger partial charge in [-0.2, -0.15) is 0 Å². The average molecular weight is 365 g/mol. The number of fused-ring (bicyclic) bond motifs is 1. The standard InChI is InChI=1S/C21H23N3O3/c1-3-18-23-12(2)20(27-18)21(26)24-19(14-9-16(25)10-14)15-8-13-6-4-5-7-17(13)22-11-15/h4-8,11,14,16,19,25H,3,9-10H2,1-2H3,(H,24,26). The molecule has 1 aliphatic rings. The molecule has 1 amide bonds. The molecular formula is C21H23N3O3. The normalized spacial score (nSPS) is 20.3. The first-order valence-electron chi connectivity index (χ1n) is 9.35. The maximum atomic E-state index is 12.8. The Balaban J connectivity index is 1.64. The summed E-state index contributed by atoms with van der Waals surface area (Å²) in [6.07, 6.45) is 3.46. The van der Waals surface area contributed by atoms with Crippen molar-refractivity contribution in [1.29, 1.82) is 0 Å². The predicted molar refractivity (Wildman–Crippen MR) is 101 cm³/mol. The minimum Gasteiger partial charge on any atom is -0.435 e. The molecule has 4 rings (SSSR count). The minimum absolute atomic E-state index is 0.167. The first kappa shape index (κ1) is 17.7. The molecule has 0 saturated heterocycles. The molecule has 0 spiro atoms. The van der Waals surface area contributed by atoms with E-state index in [9.17, 15) is 9.90 Å². The largest absolute Gasteiger partial charge is 0.435 e. The molecule has 6 heteroatoms.